The van der Waals surface area contributed by atoms with Gasteiger partial charge in [-0.05, 0) is 51.4 Å². The molecule has 0 spiro atoms. The smallest absolute Gasteiger partial charge is 0.397 e. The quantitative estimate of drug-likeness (QED) is 0.0197. The van der Waals surface area contributed by atoms with E-state index in [1.54, 1.807) is 0 Å². The highest BCUT2D eigenvalue weighted by Gasteiger charge is 2.48. The van der Waals surface area contributed by atoms with Crippen LogP contribution in [0.25, 0.3) is 0 Å². The number of aliphatic hydroxyl groups excluding tert-OH is 3. The molecule has 1 aliphatic heterocycles. The van der Waals surface area contributed by atoms with Crippen molar-refractivity contribution in [2.45, 2.75) is 269 Å². The Bertz CT molecular complexity index is 1370. The van der Waals surface area contributed by atoms with Crippen molar-refractivity contribution in [1.29, 1.82) is 0 Å². The topological polar surface area (TPSA) is 178 Å². The molecule has 0 radical (unpaired) electrons. The monoisotopic (exact) mass is 985 g/mol. The maximum absolute atomic E-state index is 12.9. The summed E-state index contributed by atoms with van der Waals surface area (Å²) in [7, 11) is -5.06. The molecule has 0 aromatic carbocycles. The summed E-state index contributed by atoms with van der Waals surface area (Å²) < 4.78 is 59.3. The average molecular weight is 985 g/mol. The third-order valence-corrected chi connectivity index (χ3v) is 12.9. The fourth-order valence-corrected chi connectivity index (χ4v) is 8.88. The molecule has 1 fully saturated rings. The van der Waals surface area contributed by atoms with Gasteiger partial charge in [0.15, 0.2) is 6.29 Å². The Morgan fingerprint density at radius 1 is 0.574 bits per heavy atom. The van der Waals surface area contributed by atoms with Crippen LogP contribution in [0.3, 0.4) is 0 Å². The van der Waals surface area contributed by atoms with Crippen molar-refractivity contribution < 1.29 is 56.2 Å². The van der Waals surface area contributed by atoms with Gasteiger partial charge < -0.3 is 34.3 Å². The van der Waals surface area contributed by atoms with Crippen molar-refractivity contribution >= 4 is 16.4 Å². The first-order chi connectivity index (χ1) is 33.1. The Morgan fingerprint density at radius 3 is 1.49 bits per heavy atom. The minimum Gasteiger partial charge on any atom is -0.457 e. The molecule has 12 nitrogen and oxygen atoms in total. The molecule has 1 saturated heterocycles. The first-order valence-corrected chi connectivity index (χ1v) is 28.8. The van der Waals surface area contributed by atoms with Crippen LogP contribution in [0.5, 0.6) is 0 Å². The zero-order chi connectivity index (χ0) is 49.6. The lowest BCUT2D eigenvalue weighted by Gasteiger charge is -2.41. The van der Waals surface area contributed by atoms with Gasteiger partial charge in [0.2, 0.25) is 0 Å². The zero-order valence-corrected chi connectivity index (χ0v) is 43.7. The third-order valence-electron chi connectivity index (χ3n) is 12.5. The van der Waals surface area contributed by atoms with Crippen LogP contribution >= 0.6 is 0 Å². The van der Waals surface area contributed by atoms with Gasteiger partial charge in [-0.25, -0.2) is 4.18 Å². The molecule has 6 atom stereocenters. The van der Waals surface area contributed by atoms with Gasteiger partial charge in [0, 0.05) is 13.0 Å². The number of allylic oxidation sites excluding steroid dienone is 8. The number of esters is 1. The fourth-order valence-electron chi connectivity index (χ4n) is 8.37. The number of hydrogen-bond acceptors (Lipinski definition) is 11. The molecule has 4 N–H and O–H groups in total. The lowest BCUT2D eigenvalue weighted by Crippen LogP contribution is -2.60. The van der Waals surface area contributed by atoms with Crippen LogP contribution in [0, 0.1) is 0 Å². The van der Waals surface area contributed by atoms with Gasteiger partial charge >= 0.3 is 16.4 Å². The van der Waals surface area contributed by atoms with E-state index in [4.69, 9.17) is 18.9 Å². The highest BCUT2D eigenvalue weighted by molar-refractivity contribution is 7.80. The van der Waals surface area contributed by atoms with Gasteiger partial charge in [-0.2, -0.15) is 8.42 Å². The van der Waals surface area contributed by atoms with Crippen LogP contribution in [0.2, 0.25) is 0 Å². The van der Waals surface area contributed by atoms with Gasteiger partial charge in [-0.15, -0.1) is 0 Å². The number of hydrogen-bond donors (Lipinski definition) is 4. The van der Waals surface area contributed by atoms with Gasteiger partial charge in [-0.1, -0.05) is 223 Å². The number of unbranched alkanes of at least 4 members (excludes halogenated alkanes) is 27. The Kier molecular flexibility index (Phi) is 43.5. The van der Waals surface area contributed by atoms with Crippen LogP contribution in [-0.2, 0) is 38.3 Å². The van der Waals surface area contributed by atoms with Gasteiger partial charge in [0.1, 0.15) is 30.5 Å². The molecule has 0 aromatic rings. The number of aliphatic hydroxyl groups is 3. The average Bonchev–Trinajstić information content (AvgIpc) is 3.31. The molecule has 13 heteroatoms. The van der Waals surface area contributed by atoms with Crippen LogP contribution in [0.15, 0.2) is 48.6 Å². The standard InChI is InChI=1S/C55H100O12S/c1-3-5-7-9-11-13-15-17-19-20-21-22-23-24-25-26-27-28-29-31-33-35-37-39-41-43-45-63-47-49(48-64-55-53(59)54(67-68(60,61)62)52(58)50(46-56)66-55)65-51(57)44-42-40-38-36-34-32-30-18-16-14-12-10-8-6-4-2/h5,7,11,13,17,19,21-22,49-50,52-56,58-59H,3-4,6,8-10,12,14-16,18,20,23-48H2,1-2H3,(H,60,61,62)/b7-5-,13-11-,19-17-,22-21-. The molecule has 68 heavy (non-hydrogen) atoms. The molecule has 0 aromatic heterocycles. The number of carbonyl (C=O) groups excluding carboxylic acids is 1. The second-order valence-electron chi connectivity index (χ2n) is 18.8. The van der Waals surface area contributed by atoms with Crippen molar-refractivity contribution in [3.63, 3.8) is 0 Å². The summed E-state index contributed by atoms with van der Waals surface area (Å²) in [5.41, 5.74) is 0. The predicted octanol–water partition coefficient (Wildman–Crippen LogP) is 13.1. The molecule has 6 unspecified atom stereocenters. The van der Waals surface area contributed by atoms with Crippen LogP contribution < -0.4 is 0 Å². The van der Waals surface area contributed by atoms with Gasteiger partial charge in [0.05, 0.1) is 19.8 Å². The van der Waals surface area contributed by atoms with Crippen molar-refractivity contribution in [3.8, 4) is 0 Å². The molecule has 0 bridgehead atoms. The zero-order valence-electron chi connectivity index (χ0n) is 42.9. The Hall–Kier alpha value is -1.94. The summed E-state index contributed by atoms with van der Waals surface area (Å²) in [6, 6.07) is 0. The normalized spacial score (nSPS) is 19.6. The van der Waals surface area contributed by atoms with Gasteiger partial charge in [-0.3, -0.25) is 9.35 Å². The number of ether oxygens (including phenoxy) is 4. The van der Waals surface area contributed by atoms with E-state index in [0.29, 0.717) is 13.0 Å². The molecular weight excluding hydrogens is 885 g/mol. The predicted molar refractivity (Wildman–Crippen MR) is 276 cm³/mol. The molecular formula is C55H100O12S. The lowest BCUT2D eigenvalue weighted by atomic mass is 9.99. The summed E-state index contributed by atoms with van der Waals surface area (Å²) >= 11 is 0. The number of rotatable bonds is 48. The molecule has 1 rings (SSSR count). The molecule has 1 aliphatic rings. The Balaban J connectivity index is 2.28. The van der Waals surface area contributed by atoms with E-state index in [9.17, 15) is 33.1 Å². The molecule has 398 valence electrons. The maximum atomic E-state index is 12.9. The van der Waals surface area contributed by atoms with E-state index >= 15 is 0 Å². The van der Waals surface area contributed by atoms with E-state index in [1.165, 1.54) is 141 Å². The van der Waals surface area contributed by atoms with E-state index < -0.39 is 59.8 Å². The first-order valence-electron chi connectivity index (χ1n) is 27.4. The van der Waals surface area contributed by atoms with E-state index in [1.807, 2.05) is 0 Å². The second kappa shape index (κ2) is 46.2. The fraction of sp³-hybridized carbons (Fsp3) is 0.836. The summed E-state index contributed by atoms with van der Waals surface area (Å²) in [4.78, 5) is 12.9. The SMILES string of the molecule is CC/C=C\C/C=C\C/C=C\C/C=C\CCCCCCCCCCCCCCCOCC(COC1OC(CO)C(O)C(OS(=O)(=O)O)C1O)OC(=O)CCCCCCCCCCCCCCCCC. The Labute approximate surface area is 415 Å². The summed E-state index contributed by atoms with van der Waals surface area (Å²) in [5, 5.41) is 30.8. The lowest BCUT2D eigenvalue weighted by molar-refractivity contribution is -0.301. The van der Waals surface area contributed by atoms with E-state index in [0.717, 1.165) is 64.2 Å². The van der Waals surface area contributed by atoms with E-state index in [-0.39, 0.29) is 19.6 Å². The van der Waals surface area contributed by atoms with Gasteiger partial charge in [0.25, 0.3) is 0 Å². The van der Waals surface area contributed by atoms with E-state index in [2.05, 4.69) is 66.6 Å². The second-order valence-corrected chi connectivity index (χ2v) is 19.8. The highest BCUT2D eigenvalue weighted by atomic mass is 32.3. The molecule has 0 aliphatic carbocycles. The molecule has 0 amide bonds. The Morgan fingerprint density at radius 2 is 1.01 bits per heavy atom. The highest BCUT2D eigenvalue weighted by Crippen LogP contribution is 2.26. The number of carbonyl (C=O) groups is 1. The maximum Gasteiger partial charge on any atom is 0.397 e. The van der Waals surface area contributed by atoms with Crippen LogP contribution in [-0.4, -0.2) is 97.5 Å². The van der Waals surface area contributed by atoms with Crippen molar-refractivity contribution in [3.05, 3.63) is 48.6 Å². The van der Waals surface area contributed by atoms with Crippen LogP contribution in [0.1, 0.15) is 232 Å². The van der Waals surface area contributed by atoms with Crippen molar-refractivity contribution in [1.82, 2.24) is 0 Å². The molecule has 0 saturated carbocycles. The summed E-state index contributed by atoms with van der Waals surface area (Å²) in [5.74, 6) is -0.397. The summed E-state index contributed by atoms with van der Waals surface area (Å²) in [6.07, 6.45) is 48.6. The van der Waals surface area contributed by atoms with Crippen molar-refractivity contribution in [2.24, 2.45) is 0 Å². The first kappa shape index (κ1) is 64.1. The van der Waals surface area contributed by atoms with Crippen molar-refractivity contribution in [2.75, 3.05) is 26.4 Å². The van der Waals surface area contributed by atoms with Crippen LogP contribution in [0.4, 0.5) is 0 Å². The summed E-state index contributed by atoms with van der Waals surface area (Å²) in [6.45, 7) is 3.91. The third kappa shape index (κ3) is 38.8. The minimum absolute atomic E-state index is 0.0374. The minimum atomic E-state index is -5.06. The molecule has 1 heterocycles. The largest absolute Gasteiger partial charge is 0.457 e.